The van der Waals surface area contributed by atoms with Gasteiger partial charge in [-0.3, -0.25) is 0 Å². The number of rotatable bonds is 9. The maximum atomic E-state index is 5.58. The molecule has 2 atom stereocenters. The SMILES string of the molecule is CCNC(CCC(C)OC)c1ccc(OC)c(Br)c1OC. The first kappa shape index (κ1) is 18.3. The van der Waals surface area contributed by atoms with Crippen molar-refractivity contribution in [2.45, 2.75) is 38.8 Å². The molecule has 0 aliphatic rings. The molecule has 0 bridgehead atoms. The van der Waals surface area contributed by atoms with Crippen LogP contribution in [0.25, 0.3) is 0 Å². The molecule has 4 nitrogen and oxygen atoms in total. The molecule has 0 aliphatic carbocycles. The Bertz CT molecular complexity index is 440. The number of benzene rings is 1. The van der Waals surface area contributed by atoms with Crippen LogP contribution < -0.4 is 14.8 Å². The molecule has 120 valence electrons. The zero-order chi connectivity index (χ0) is 15.8. The monoisotopic (exact) mass is 359 g/mol. The minimum absolute atomic E-state index is 0.227. The van der Waals surface area contributed by atoms with E-state index in [9.17, 15) is 0 Å². The summed E-state index contributed by atoms with van der Waals surface area (Å²) in [5.74, 6) is 1.60. The minimum Gasteiger partial charge on any atom is -0.495 e. The average Bonchev–Trinajstić information content (AvgIpc) is 2.50. The topological polar surface area (TPSA) is 39.7 Å². The predicted molar refractivity (Wildman–Crippen MR) is 89.4 cm³/mol. The van der Waals surface area contributed by atoms with Gasteiger partial charge < -0.3 is 19.5 Å². The number of ether oxygens (including phenoxy) is 3. The summed E-state index contributed by atoms with van der Waals surface area (Å²) < 4.78 is 17.1. The molecule has 1 aromatic carbocycles. The molecule has 1 N–H and O–H groups in total. The molecular formula is C16H26BrNO3. The third-order valence-corrected chi connectivity index (χ3v) is 4.36. The van der Waals surface area contributed by atoms with Crippen LogP contribution in [0.2, 0.25) is 0 Å². The third kappa shape index (κ3) is 4.87. The van der Waals surface area contributed by atoms with Gasteiger partial charge in [-0.25, -0.2) is 0 Å². The summed E-state index contributed by atoms with van der Waals surface area (Å²) in [7, 11) is 5.09. The molecule has 0 radical (unpaired) electrons. The van der Waals surface area contributed by atoms with E-state index in [1.165, 1.54) is 0 Å². The molecule has 0 fully saturated rings. The molecule has 0 aliphatic heterocycles. The number of nitrogens with one attached hydrogen (secondary N) is 1. The van der Waals surface area contributed by atoms with Gasteiger partial charge in [0.25, 0.3) is 0 Å². The minimum atomic E-state index is 0.227. The van der Waals surface area contributed by atoms with Gasteiger partial charge in [0.05, 0.1) is 20.3 Å². The van der Waals surface area contributed by atoms with Crippen LogP contribution in [0.3, 0.4) is 0 Å². The normalized spacial score (nSPS) is 13.8. The van der Waals surface area contributed by atoms with Crippen molar-refractivity contribution in [3.8, 4) is 11.5 Å². The fourth-order valence-corrected chi connectivity index (χ4v) is 3.01. The summed E-state index contributed by atoms with van der Waals surface area (Å²) in [6.45, 7) is 5.10. The Morgan fingerprint density at radius 3 is 2.38 bits per heavy atom. The van der Waals surface area contributed by atoms with Gasteiger partial charge in [0.1, 0.15) is 16.0 Å². The van der Waals surface area contributed by atoms with Crippen molar-refractivity contribution in [3.63, 3.8) is 0 Å². The second-order valence-corrected chi connectivity index (χ2v) is 5.73. The van der Waals surface area contributed by atoms with Crippen molar-refractivity contribution in [1.82, 2.24) is 5.32 Å². The number of hydrogen-bond acceptors (Lipinski definition) is 4. The quantitative estimate of drug-likeness (QED) is 0.724. The van der Waals surface area contributed by atoms with Crippen molar-refractivity contribution in [2.75, 3.05) is 27.9 Å². The average molecular weight is 360 g/mol. The van der Waals surface area contributed by atoms with Crippen molar-refractivity contribution >= 4 is 15.9 Å². The van der Waals surface area contributed by atoms with E-state index in [1.807, 2.05) is 6.07 Å². The highest BCUT2D eigenvalue weighted by molar-refractivity contribution is 9.10. The van der Waals surface area contributed by atoms with Gasteiger partial charge in [0.2, 0.25) is 0 Å². The maximum Gasteiger partial charge on any atom is 0.141 e. The third-order valence-electron chi connectivity index (χ3n) is 3.61. The lowest BCUT2D eigenvalue weighted by Crippen LogP contribution is -2.23. The van der Waals surface area contributed by atoms with Crippen LogP contribution in [-0.4, -0.2) is 34.0 Å². The summed E-state index contributed by atoms with van der Waals surface area (Å²) in [4.78, 5) is 0. The van der Waals surface area contributed by atoms with Crippen molar-refractivity contribution in [1.29, 1.82) is 0 Å². The van der Waals surface area contributed by atoms with Crippen LogP contribution >= 0.6 is 15.9 Å². The van der Waals surface area contributed by atoms with E-state index in [1.54, 1.807) is 21.3 Å². The second-order valence-electron chi connectivity index (χ2n) is 4.94. The highest BCUT2D eigenvalue weighted by atomic mass is 79.9. The van der Waals surface area contributed by atoms with Crippen LogP contribution in [0.1, 0.15) is 38.3 Å². The Balaban J connectivity index is 3.04. The summed E-state index contributed by atoms with van der Waals surface area (Å²) in [5.41, 5.74) is 1.13. The molecule has 21 heavy (non-hydrogen) atoms. The molecule has 0 spiro atoms. The lowest BCUT2D eigenvalue weighted by Gasteiger charge is -2.23. The molecule has 5 heteroatoms. The second kappa shape index (κ2) is 9.28. The molecule has 1 aromatic rings. The Morgan fingerprint density at radius 1 is 1.14 bits per heavy atom. The van der Waals surface area contributed by atoms with E-state index in [0.29, 0.717) is 0 Å². The van der Waals surface area contributed by atoms with E-state index in [0.717, 1.165) is 40.9 Å². The predicted octanol–water partition coefficient (Wildman–Crippen LogP) is 3.93. The zero-order valence-electron chi connectivity index (χ0n) is 13.5. The largest absolute Gasteiger partial charge is 0.495 e. The molecular weight excluding hydrogens is 334 g/mol. The smallest absolute Gasteiger partial charge is 0.141 e. The van der Waals surface area contributed by atoms with Crippen LogP contribution in [0.4, 0.5) is 0 Å². The first-order valence-electron chi connectivity index (χ1n) is 7.25. The van der Waals surface area contributed by atoms with E-state index in [4.69, 9.17) is 14.2 Å². The molecule has 1 rings (SSSR count). The van der Waals surface area contributed by atoms with Gasteiger partial charge in [0.15, 0.2) is 0 Å². The van der Waals surface area contributed by atoms with Gasteiger partial charge in [-0.2, -0.15) is 0 Å². The number of methoxy groups -OCH3 is 3. The summed E-state index contributed by atoms with van der Waals surface area (Å²) in [6, 6.07) is 4.25. The van der Waals surface area contributed by atoms with Gasteiger partial charge in [-0.15, -0.1) is 0 Å². The molecule has 2 unspecified atom stereocenters. The van der Waals surface area contributed by atoms with Crippen molar-refractivity contribution < 1.29 is 14.2 Å². The van der Waals surface area contributed by atoms with Crippen LogP contribution in [0.5, 0.6) is 11.5 Å². The highest BCUT2D eigenvalue weighted by Crippen LogP contribution is 2.40. The highest BCUT2D eigenvalue weighted by Gasteiger charge is 2.20. The standard InChI is InChI=1S/C16H26BrNO3/c1-6-18-13(9-7-11(2)19-3)12-8-10-14(20-4)15(17)16(12)21-5/h8,10-11,13,18H,6-7,9H2,1-5H3. The van der Waals surface area contributed by atoms with Gasteiger partial charge in [-0.05, 0) is 54.4 Å². The first-order chi connectivity index (χ1) is 10.1. The zero-order valence-corrected chi connectivity index (χ0v) is 15.1. The Kier molecular flexibility index (Phi) is 8.07. The van der Waals surface area contributed by atoms with E-state index < -0.39 is 0 Å². The molecule has 0 amide bonds. The molecule has 0 saturated carbocycles. The fourth-order valence-electron chi connectivity index (χ4n) is 2.33. The van der Waals surface area contributed by atoms with Crippen LogP contribution in [0.15, 0.2) is 16.6 Å². The Hall–Kier alpha value is -0.780. The fraction of sp³-hybridized carbons (Fsp3) is 0.625. The van der Waals surface area contributed by atoms with Crippen LogP contribution in [-0.2, 0) is 4.74 Å². The summed E-state index contributed by atoms with van der Waals surface area (Å²) in [6.07, 6.45) is 2.22. The van der Waals surface area contributed by atoms with E-state index in [2.05, 4.69) is 41.2 Å². The van der Waals surface area contributed by atoms with Crippen molar-refractivity contribution in [3.05, 3.63) is 22.2 Å². The van der Waals surface area contributed by atoms with Gasteiger partial charge in [-0.1, -0.05) is 6.92 Å². The van der Waals surface area contributed by atoms with E-state index in [-0.39, 0.29) is 12.1 Å². The van der Waals surface area contributed by atoms with Gasteiger partial charge >= 0.3 is 0 Å². The summed E-state index contributed by atoms with van der Waals surface area (Å²) in [5, 5.41) is 3.52. The van der Waals surface area contributed by atoms with Gasteiger partial charge in [0, 0.05) is 18.7 Å². The van der Waals surface area contributed by atoms with E-state index >= 15 is 0 Å². The van der Waals surface area contributed by atoms with Crippen molar-refractivity contribution in [2.24, 2.45) is 0 Å². The number of hydrogen-bond donors (Lipinski definition) is 1. The molecule has 0 aromatic heterocycles. The lowest BCUT2D eigenvalue weighted by molar-refractivity contribution is 0.106. The Morgan fingerprint density at radius 2 is 1.86 bits per heavy atom. The molecule has 0 heterocycles. The Labute approximate surface area is 136 Å². The lowest BCUT2D eigenvalue weighted by atomic mass is 9.99. The number of halogens is 1. The maximum absolute atomic E-state index is 5.58. The van der Waals surface area contributed by atoms with Crippen LogP contribution in [0, 0.1) is 0 Å². The first-order valence-corrected chi connectivity index (χ1v) is 8.04. The summed E-state index contributed by atoms with van der Waals surface area (Å²) >= 11 is 3.56. The molecule has 0 saturated heterocycles.